The van der Waals surface area contributed by atoms with E-state index in [1.165, 1.54) is 31.4 Å². The number of hydrogen-bond donors (Lipinski definition) is 1. The van der Waals surface area contributed by atoms with E-state index in [0.717, 1.165) is 5.56 Å². The van der Waals surface area contributed by atoms with Gasteiger partial charge in [-0.05, 0) is 30.7 Å². The van der Waals surface area contributed by atoms with Crippen molar-refractivity contribution in [3.05, 3.63) is 59.7 Å². The zero-order valence-corrected chi connectivity index (χ0v) is 16.9. The third kappa shape index (κ3) is 4.36. The number of para-hydroxylation sites is 1. The maximum Gasteiger partial charge on any atom is 0.251 e. The molecular weight excluding hydrogens is 402 g/mol. The smallest absolute Gasteiger partial charge is 0.251 e. The Kier molecular flexibility index (Phi) is 5.76. The second-order valence-corrected chi connectivity index (χ2v) is 11.0. The van der Waals surface area contributed by atoms with Crippen LogP contribution in [0.25, 0.3) is 0 Å². The minimum Gasteiger partial charge on any atom is -0.496 e. The third-order valence-electron chi connectivity index (χ3n) is 4.69. The highest BCUT2D eigenvalue weighted by Gasteiger charge is 2.38. The fraction of sp³-hybridized carbons (Fsp3) is 0.316. The van der Waals surface area contributed by atoms with E-state index >= 15 is 0 Å². The van der Waals surface area contributed by atoms with Gasteiger partial charge in [0.15, 0.2) is 19.7 Å². The molecule has 0 aromatic heterocycles. The zero-order valence-electron chi connectivity index (χ0n) is 15.3. The molecule has 1 aliphatic rings. The molecule has 0 spiro atoms. The lowest BCUT2D eigenvalue weighted by Gasteiger charge is -2.12. The summed E-state index contributed by atoms with van der Waals surface area (Å²) in [5.41, 5.74) is 0.982. The summed E-state index contributed by atoms with van der Waals surface area (Å²) in [6.45, 7) is 0.223. The number of benzene rings is 2. The van der Waals surface area contributed by atoms with E-state index in [-0.39, 0.29) is 34.9 Å². The van der Waals surface area contributed by atoms with E-state index in [9.17, 15) is 21.6 Å². The van der Waals surface area contributed by atoms with Crippen LogP contribution in [0.2, 0.25) is 0 Å². The van der Waals surface area contributed by atoms with Crippen molar-refractivity contribution < 1.29 is 26.4 Å². The van der Waals surface area contributed by atoms with E-state index in [1.807, 2.05) is 18.2 Å². The monoisotopic (exact) mass is 423 g/mol. The van der Waals surface area contributed by atoms with Gasteiger partial charge in [0.1, 0.15) is 5.75 Å². The van der Waals surface area contributed by atoms with E-state index in [1.54, 1.807) is 6.07 Å². The summed E-state index contributed by atoms with van der Waals surface area (Å²) in [6, 6.07) is 12.9. The number of amides is 1. The Bertz CT molecular complexity index is 1090. The highest BCUT2D eigenvalue weighted by Crippen LogP contribution is 2.26. The number of sulfone groups is 2. The molecule has 1 aliphatic heterocycles. The van der Waals surface area contributed by atoms with Gasteiger partial charge < -0.3 is 10.1 Å². The van der Waals surface area contributed by atoms with Crippen molar-refractivity contribution in [2.45, 2.75) is 23.1 Å². The third-order valence-corrected chi connectivity index (χ3v) is 8.86. The Morgan fingerprint density at radius 2 is 1.93 bits per heavy atom. The van der Waals surface area contributed by atoms with Crippen molar-refractivity contribution in [3.63, 3.8) is 0 Å². The second kappa shape index (κ2) is 7.92. The Balaban J connectivity index is 1.76. The van der Waals surface area contributed by atoms with Crippen LogP contribution in [0.4, 0.5) is 0 Å². The van der Waals surface area contributed by atoms with E-state index < -0.39 is 30.8 Å². The number of carbonyl (C=O) groups is 1. The summed E-state index contributed by atoms with van der Waals surface area (Å²) in [5, 5.41) is 1.77. The summed E-state index contributed by atoms with van der Waals surface area (Å²) in [7, 11) is -5.61. The lowest BCUT2D eigenvalue weighted by molar-refractivity contribution is 0.0950. The second-order valence-electron chi connectivity index (χ2n) is 6.59. The van der Waals surface area contributed by atoms with Crippen molar-refractivity contribution >= 4 is 25.6 Å². The number of carbonyl (C=O) groups excluding carboxylic acids is 1. The fourth-order valence-electron chi connectivity index (χ4n) is 3.14. The lowest BCUT2D eigenvalue weighted by Crippen LogP contribution is -2.25. The molecule has 2 aromatic carbocycles. The standard InChI is InChI=1S/C19H21NO6S2/c1-26-18-8-3-2-5-15(18)12-20-19(21)14-6-4-7-16(11-14)28(24,25)17-9-10-27(22,23)13-17/h2-8,11,17H,9-10,12-13H2,1H3,(H,20,21). The molecular formula is C19H21NO6S2. The van der Waals surface area contributed by atoms with E-state index in [4.69, 9.17) is 4.74 Å². The summed E-state index contributed by atoms with van der Waals surface area (Å²) in [4.78, 5) is 12.4. The average molecular weight is 424 g/mol. The Morgan fingerprint density at radius 1 is 1.18 bits per heavy atom. The Morgan fingerprint density at radius 3 is 2.61 bits per heavy atom. The van der Waals surface area contributed by atoms with Crippen LogP contribution in [0.1, 0.15) is 22.3 Å². The Hall–Kier alpha value is -2.39. The van der Waals surface area contributed by atoms with Gasteiger partial charge in [0, 0.05) is 17.7 Å². The van der Waals surface area contributed by atoms with E-state index in [2.05, 4.69) is 5.32 Å². The molecule has 1 unspecified atom stereocenters. The molecule has 0 saturated carbocycles. The molecule has 1 atom stereocenters. The molecule has 150 valence electrons. The summed E-state index contributed by atoms with van der Waals surface area (Å²) in [6.07, 6.45) is 0.0783. The number of rotatable bonds is 6. The van der Waals surface area contributed by atoms with Crippen molar-refractivity contribution in [1.82, 2.24) is 5.32 Å². The average Bonchev–Trinajstić information content (AvgIpc) is 3.07. The first-order valence-electron chi connectivity index (χ1n) is 8.67. The normalized spacial score (nSPS) is 18.5. The summed E-state index contributed by atoms with van der Waals surface area (Å²) >= 11 is 0. The van der Waals surface area contributed by atoms with Crippen LogP contribution >= 0.6 is 0 Å². The van der Waals surface area contributed by atoms with Gasteiger partial charge in [-0.1, -0.05) is 24.3 Å². The van der Waals surface area contributed by atoms with Gasteiger partial charge >= 0.3 is 0 Å². The van der Waals surface area contributed by atoms with Crippen LogP contribution in [0.15, 0.2) is 53.4 Å². The molecule has 1 heterocycles. The number of methoxy groups -OCH3 is 1. The fourth-order valence-corrected chi connectivity index (χ4v) is 7.54. The molecule has 9 heteroatoms. The van der Waals surface area contributed by atoms with Gasteiger partial charge in [-0.2, -0.15) is 0 Å². The van der Waals surface area contributed by atoms with Crippen molar-refractivity contribution in [2.24, 2.45) is 0 Å². The number of hydrogen-bond acceptors (Lipinski definition) is 6. The molecule has 0 radical (unpaired) electrons. The molecule has 0 aliphatic carbocycles. The van der Waals surface area contributed by atoms with Gasteiger partial charge in [-0.15, -0.1) is 0 Å². The van der Waals surface area contributed by atoms with Crippen LogP contribution in [-0.2, 0) is 26.2 Å². The van der Waals surface area contributed by atoms with Crippen molar-refractivity contribution in [2.75, 3.05) is 18.6 Å². The topological polar surface area (TPSA) is 107 Å². The van der Waals surface area contributed by atoms with Crippen LogP contribution in [0.5, 0.6) is 5.75 Å². The van der Waals surface area contributed by atoms with E-state index in [0.29, 0.717) is 5.75 Å². The van der Waals surface area contributed by atoms with Gasteiger partial charge in [0.05, 0.1) is 28.8 Å². The predicted octanol–water partition coefficient (Wildman–Crippen LogP) is 1.59. The van der Waals surface area contributed by atoms with Gasteiger partial charge in [0.2, 0.25) is 0 Å². The first-order chi connectivity index (χ1) is 13.2. The van der Waals surface area contributed by atoms with Crippen molar-refractivity contribution in [1.29, 1.82) is 0 Å². The maximum absolute atomic E-state index is 12.7. The van der Waals surface area contributed by atoms with Gasteiger partial charge in [0.25, 0.3) is 5.91 Å². The highest BCUT2D eigenvalue weighted by molar-refractivity contribution is 7.96. The maximum atomic E-state index is 12.7. The minimum atomic E-state index is -3.82. The minimum absolute atomic E-state index is 0.0421. The molecule has 1 fully saturated rings. The first-order valence-corrected chi connectivity index (χ1v) is 12.0. The first kappa shape index (κ1) is 20.3. The van der Waals surface area contributed by atoms with Crippen LogP contribution in [0.3, 0.4) is 0 Å². The number of ether oxygens (including phenoxy) is 1. The van der Waals surface area contributed by atoms with Crippen LogP contribution in [0, 0.1) is 0 Å². The largest absolute Gasteiger partial charge is 0.496 e. The molecule has 1 amide bonds. The van der Waals surface area contributed by atoms with Crippen LogP contribution in [-0.4, -0.2) is 46.6 Å². The molecule has 1 N–H and O–H groups in total. The molecule has 0 bridgehead atoms. The molecule has 1 saturated heterocycles. The molecule has 28 heavy (non-hydrogen) atoms. The molecule has 2 aromatic rings. The highest BCUT2D eigenvalue weighted by atomic mass is 32.2. The van der Waals surface area contributed by atoms with Crippen LogP contribution < -0.4 is 10.1 Å². The molecule has 3 rings (SSSR count). The lowest BCUT2D eigenvalue weighted by atomic mass is 10.2. The van der Waals surface area contributed by atoms with Crippen molar-refractivity contribution in [3.8, 4) is 5.75 Å². The zero-order chi connectivity index (χ0) is 20.4. The summed E-state index contributed by atoms with van der Waals surface area (Å²) < 4.78 is 54.0. The summed E-state index contributed by atoms with van der Waals surface area (Å²) in [5.74, 6) is -0.293. The quantitative estimate of drug-likeness (QED) is 0.756. The van der Waals surface area contributed by atoms with Gasteiger partial charge in [-0.25, -0.2) is 16.8 Å². The predicted molar refractivity (Wildman–Crippen MR) is 105 cm³/mol. The molecule has 7 nitrogen and oxygen atoms in total. The SMILES string of the molecule is COc1ccccc1CNC(=O)c1cccc(S(=O)(=O)C2CCS(=O)(=O)C2)c1. The van der Waals surface area contributed by atoms with Gasteiger partial charge in [-0.3, -0.25) is 4.79 Å². The number of nitrogens with one attached hydrogen (secondary N) is 1. The Labute approximate surface area is 164 Å².